The van der Waals surface area contributed by atoms with E-state index in [9.17, 15) is 13.2 Å². The van der Waals surface area contributed by atoms with Crippen LogP contribution in [0.4, 0.5) is 0 Å². The van der Waals surface area contributed by atoms with Gasteiger partial charge in [0.1, 0.15) is 0 Å². The number of rotatable bonds is 6. The summed E-state index contributed by atoms with van der Waals surface area (Å²) in [5.74, 6) is 0.304. The topological polar surface area (TPSA) is 66.5 Å². The largest absolute Gasteiger partial charge is 0.344 e. The van der Waals surface area contributed by atoms with E-state index in [0.29, 0.717) is 31.8 Å². The molecule has 7 heteroatoms. The molecule has 1 fully saturated rings. The van der Waals surface area contributed by atoms with Crippen LogP contribution >= 0.6 is 11.3 Å². The summed E-state index contributed by atoms with van der Waals surface area (Å²) in [5, 5.41) is 5.23. The van der Waals surface area contributed by atoms with E-state index < -0.39 is 10.0 Å². The molecule has 2 heterocycles. The van der Waals surface area contributed by atoms with Gasteiger partial charge in [-0.15, -0.1) is 11.3 Å². The maximum Gasteiger partial charge on any atom is 0.223 e. The first-order valence-corrected chi connectivity index (χ1v) is 12.4. The van der Waals surface area contributed by atoms with E-state index in [-0.39, 0.29) is 17.9 Å². The van der Waals surface area contributed by atoms with Gasteiger partial charge >= 0.3 is 0 Å². The average Bonchev–Trinajstić information content (AvgIpc) is 3.20. The third-order valence-electron chi connectivity index (χ3n) is 5.34. The number of benzene rings is 1. The predicted molar refractivity (Wildman–Crippen MR) is 114 cm³/mol. The van der Waals surface area contributed by atoms with Crippen molar-refractivity contribution in [3.05, 3.63) is 57.8 Å². The molecule has 1 N–H and O–H groups in total. The fourth-order valence-electron chi connectivity index (χ4n) is 3.56. The zero-order valence-corrected chi connectivity index (χ0v) is 18.2. The van der Waals surface area contributed by atoms with E-state index in [4.69, 9.17) is 0 Å². The summed E-state index contributed by atoms with van der Waals surface area (Å²) >= 11 is 1.63. The third-order valence-corrected chi connectivity index (χ3v) is 7.58. The lowest BCUT2D eigenvalue weighted by Gasteiger charge is -2.30. The van der Waals surface area contributed by atoms with Gasteiger partial charge in [0.05, 0.1) is 12.3 Å². The normalized spacial score (nSPS) is 17.6. The lowest BCUT2D eigenvalue weighted by Crippen LogP contribution is -2.43. The van der Waals surface area contributed by atoms with Gasteiger partial charge in [0.25, 0.3) is 0 Å². The molecule has 0 spiro atoms. The summed E-state index contributed by atoms with van der Waals surface area (Å²) < 4.78 is 24.8. The van der Waals surface area contributed by atoms with Crippen molar-refractivity contribution in [2.45, 2.75) is 38.6 Å². The minimum atomic E-state index is -3.18. The fraction of sp³-hybridized carbons (Fsp3) is 0.476. The molecule has 0 aliphatic carbocycles. The number of carbonyl (C=O) groups is 1. The van der Waals surface area contributed by atoms with Gasteiger partial charge in [-0.1, -0.05) is 44.2 Å². The maximum absolute atomic E-state index is 12.9. The molecule has 0 bridgehead atoms. The lowest BCUT2D eigenvalue weighted by atomic mass is 9.95. The SMILES string of the molecule is CC(C)c1ccc(C(NC(=O)C2CCN(S(C)(=O)=O)CC2)c2cccs2)cc1. The first-order chi connectivity index (χ1) is 13.3. The van der Waals surface area contributed by atoms with Crippen molar-refractivity contribution in [1.29, 1.82) is 0 Å². The molecule has 1 unspecified atom stereocenters. The monoisotopic (exact) mass is 420 g/mol. The van der Waals surface area contributed by atoms with Crippen molar-refractivity contribution in [3.63, 3.8) is 0 Å². The van der Waals surface area contributed by atoms with Crippen molar-refractivity contribution in [3.8, 4) is 0 Å². The van der Waals surface area contributed by atoms with E-state index >= 15 is 0 Å². The van der Waals surface area contributed by atoms with Crippen molar-refractivity contribution in [2.75, 3.05) is 19.3 Å². The molecular formula is C21H28N2O3S2. The Bertz CT molecular complexity index is 882. The van der Waals surface area contributed by atoms with E-state index in [2.05, 4.69) is 43.4 Å². The van der Waals surface area contributed by atoms with Gasteiger partial charge in [-0.3, -0.25) is 4.79 Å². The fourth-order valence-corrected chi connectivity index (χ4v) is 5.23. The molecule has 1 aromatic carbocycles. The molecule has 1 aromatic heterocycles. The Kier molecular flexibility index (Phi) is 6.58. The van der Waals surface area contributed by atoms with Crippen molar-refractivity contribution >= 4 is 27.3 Å². The molecule has 3 rings (SSSR count). The number of thiophene rings is 1. The number of hydrogen-bond donors (Lipinski definition) is 1. The van der Waals surface area contributed by atoms with Gasteiger partial charge in [0, 0.05) is 23.9 Å². The molecule has 1 aliphatic heterocycles. The quantitative estimate of drug-likeness (QED) is 0.774. The van der Waals surface area contributed by atoms with Gasteiger partial charge < -0.3 is 5.32 Å². The number of nitrogens with zero attached hydrogens (tertiary/aromatic N) is 1. The highest BCUT2D eigenvalue weighted by molar-refractivity contribution is 7.88. The van der Waals surface area contributed by atoms with Crippen LogP contribution in [0.25, 0.3) is 0 Å². The van der Waals surface area contributed by atoms with E-state index in [0.717, 1.165) is 10.4 Å². The average molecular weight is 421 g/mol. The Morgan fingerprint density at radius 1 is 1.11 bits per heavy atom. The molecule has 1 aliphatic rings. The molecule has 28 heavy (non-hydrogen) atoms. The smallest absolute Gasteiger partial charge is 0.223 e. The van der Waals surface area contributed by atoms with Crippen LogP contribution in [0.2, 0.25) is 0 Å². The van der Waals surface area contributed by atoms with Gasteiger partial charge in [-0.25, -0.2) is 12.7 Å². The number of amides is 1. The van der Waals surface area contributed by atoms with Crippen molar-refractivity contribution in [1.82, 2.24) is 9.62 Å². The first kappa shape index (κ1) is 21.0. The van der Waals surface area contributed by atoms with Crippen LogP contribution in [0.5, 0.6) is 0 Å². The van der Waals surface area contributed by atoms with Gasteiger partial charge in [0.2, 0.25) is 15.9 Å². The second-order valence-electron chi connectivity index (χ2n) is 7.71. The molecule has 0 saturated carbocycles. The highest BCUT2D eigenvalue weighted by Gasteiger charge is 2.30. The summed E-state index contributed by atoms with van der Waals surface area (Å²) in [5.41, 5.74) is 2.34. The summed E-state index contributed by atoms with van der Waals surface area (Å²) in [7, 11) is -3.18. The minimum absolute atomic E-state index is 0.000475. The highest BCUT2D eigenvalue weighted by Crippen LogP contribution is 2.29. The Hall–Kier alpha value is -1.70. The zero-order valence-electron chi connectivity index (χ0n) is 16.6. The second-order valence-corrected chi connectivity index (χ2v) is 10.7. The van der Waals surface area contributed by atoms with Crippen molar-refractivity contribution < 1.29 is 13.2 Å². The van der Waals surface area contributed by atoms with Crippen LogP contribution in [-0.4, -0.2) is 38.0 Å². The summed E-state index contributed by atoms with van der Waals surface area (Å²) in [4.78, 5) is 14.0. The zero-order chi connectivity index (χ0) is 20.3. The van der Waals surface area contributed by atoms with Crippen LogP contribution in [0, 0.1) is 5.92 Å². The van der Waals surface area contributed by atoms with E-state index in [1.807, 2.05) is 17.5 Å². The molecule has 2 aromatic rings. The maximum atomic E-state index is 12.9. The first-order valence-electron chi connectivity index (χ1n) is 9.64. The number of hydrogen-bond acceptors (Lipinski definition) is 4. The van der Waals surface area contributed by atoms with Crippen LogP contribution in [0.1, 0.15) is 54.7 Å². The van der Waals surface area contributed by atoms with Gasteiger partial charge in [0.15, 0.2) is 0 Å². The van der Waals surface area contributed by atoms with E-state index in [1.54, 1.807) is 11.3 Å². The molecule has 1 atom stereocenters. The third kappa shape index (κ3) is 5.01. The molecule has 1 saturated heterocycles. The minimum Gasteiger partial charge on any atom is -0.344 e. The molecular weight excluding hydrogens is 392 g/mol. The summed E-state index contributed by atoms with van der Waals surface area (Å²) in [6.07, 6.45) is 2.34. The van der Waals surface area contributed by atoms with Crippen LogP contribution in [0.3, 0.4) is 0 Å². The molecule has 5 nitrogen and oxygen atoms in total. The molecule has 152 valence electrons. The van der Waals surface area contributed by atoms with Gasteiger partial charge in [-0.05, 0) is 41.3 Å². The summed E-state index contributed by atoms with van der Waals surface area (Å²) in [6.45, 7) is 5.14. The number of nitrogens with one attached hydrogen (secondary N) is 1. The lowest BCUT2D eigenvalue weighted by molar-refractivity contribution is -0.126. The molecule has 0 radical (unpaired) electrons. The van der Waals surface area contributed by atoms with Crippen LogP contribution in [0.15, 0.2) is 41.8 Å². The summed E-state index contributed by atoms with van der Waals surface area (Å²) in [6, 6.07) is 12.3. The van der Waals surface area contributed by atoms with Crippen LogP contribution < -0.4 is 5.32 Å². The van der Waals surface area contributed by atoms with Crippen LogP contribution in [-0.2, 0) is 14.8 Å². The van der Waals surface area contributed by atoms with Gasteiger partial charge in [-0.2, -0.15) is 0 Å². The Morgan fingerprint density at radius 2 is 1.71 bits per heavy atom. The number of sulfonamides is 1. The molecule has 1 amide bonds. The predicted octanol–water partition coefficient (Wildman–Crippen LogP) is 3.75. The number of carbonyl (C=O) groups excluding carboxylic acids is 1. The Balaban J connectivity index is 1.73. The Morgan fingerprint density at radius 3 is 2.21 bits per heavy atom. The second kappa shape index (κ2) is 8.76. The Labute approximate surface area is 171 Å². The van der Waals surface area contributed by atoms with Crippen molar-refractivity contribution in [2.24, 2.45) is 5.92 Å². The van der Waals surface area contributed by atoms with E-state index in [1.165, 1.54) is 16.1 Å². The highest BCUT2D eigenvalue weighted by atomic mass is 32.2. The standard InChI is InChI=1S/C21H28N2O3S2/c1-15(2)16-6-8-17(9-7-16)20(19-5-4-14-27-19)22-21(24)18-10-12-23(13-11-18)28(3,25)26/h4-9,14-15,18,20H,10-13H2,1-3H3,(H,22,24). The number of piperidine rings is 1.